The summed E-state index contributed by atoms with van der Waals surface area (Å²) in [6.07, 6.45) is 1.85. The number of hydrogen-bond acceptors (Lipinski definition) is 5. The van der Waals surface area contributed by atoms with E-state index < -0.39 is 0 Å². The van der Waals surface area contributed by atoms with E-state index in [2.05, 4.69) is 16.3 Å². The number of fused-ring (bicyclic) bond motifs is 2. The van der Waals surface area contributed by atoms with Crippen molar-refractivity contribution in [2.75, 3.05) is 38.3 Å². The highest BCUT2D eigenvalue weighted by Gasteiger charge is 2.24. The molecule has 6 heteroatoms. The molecule has 2 aliphatic heterocycles. The average Bonchev–Trinajstić information content (AvgIpc) is 2.72. The molecule has 1 unspecified atom stereocenters. The predicted octanol–water partition coefficient (Wildman–Crippen LogP) is 2.40. The van der Waals surface area contributed by atoms with Gasteiger partial charge < -0.3 is 24.4 Å². The van der Waals surface area contributed by atoms with Crippen LogP contribution in [0.25, 0.3) is 0 Å². The third-order valence-electron chi connectivity index (χ3n) is 4.92. The number of benzene rings is 2. The molecule has 2 aliphatic rings. The molecule has 2 aromatic rings. The molecule has 2 heterocycles. The molecule has 4 rings (SSSR count). The number of amides is 1. The lowest BCUT2D eigenvalue weighted by Crippen LogP contribution is -2.45. The quantitative estimate of drug-likeness (QED) is 0.878. The van der Waals surface area contributed by atoms with Crippen molar-refractivity contribution in [2.45, 2.75) is 18.9 Å². The van der Waals surface area contributed by atoms with Gasteiger partial charge in [0.2, 0.25) is 5.91 Å². The fourth-order valence-electron chi connectivity index (χ4n) is 3.64. The van der Waals surface area contributed by atoms with E-state index >= 15 is 0 Å². The maximum atomic E-state index is 12.5. The van der Waals surface area contributed by atoms with E-state index in [1.54, 1.807) is 7.11 Å². The minimum atomic E-state index is -0.188. The summed E-state index contributed by atoms with van der Waals surface area (Å²) in [5.41, 5.74) is 2.27. The summed E-state index contributed by atoms with van der Waals surface area (Å²) in [6.45, 7) is 1.99. The number of nitrogens with one attached hydrogen (secondary N) is 1. The van der Waals surface area contributed by atoms with Gasteiger partial charge in [-0.25, -0.2) is 0 Å². The number of carbonyl (C=O) groups is 1. The molecule has 0 fully saturated rings. The Morgan fingerprint density at radius 2 is 2.07 bits per heavy atom. The largest absolute Gasteiger partial charge is 0.495 e. The molecule has 0 spiro atoms. The van der Waals surface area contributed by atoms with Crippen molar-refractivity contribution >= 4 is 11.6 Å². The highest BCUT2D eigenvalue weighted by atomic mass is 16.6. The monoisotopic (exact) mass is 368 g/mol. The minimum absolute atomic E-state index is 0.0313. The van der Waals surface area contributed by atoms with Gasteiger partial charge in [-0.2, -0.15) is 0 Å². The van der Waals surface area contributed by atoms with Gasteiger partial charge >= 0.3 is 0 Å². The predicted molar refractivity (Wildman–Crippen MR) is 103 cm³/mol. The smallest absolute Gasteiger partial charge is 0.239 e. The molecule has 2 aromatic carbocycles. The summed E-state index contributed by atoms with van der Waals surface area (Å²) in [7, 11) is 1.67. The van der Waals surface area contributed by atoms with E-state index in [9.17, 15) is 4.79 Å². The zero-order chi connectivity index (χ0) is 18.6. The zero-order valence-electron chi connectivity index (χ0n) is 15.4. The van der Waals surface area contributed by atoms with E-state index in [0.717, 1.165) is 42.3 Å². The second-order valence-electron chi connectivity index (χ2n) is 6.79. The molecule has 1 amide bonds. The van der Waals surface area contributed by atoms with E-state index in [-0.39, 0.29) is 12.0 Å². The fraction of sp³-hybridized carbons (Fsp3) is 0.381. The van der Waals surface area contributed by atoms with Crippen molar-refractivity contribution in [3.05, 3.63) is 48.0 Å². The molecule has 27 heavy (non-hydrogen) atoms. The molecule has 0 bridgehead atoms. The number of methoxy groups -OCH3 is 1. The molecule has 0 radical (unpaired) electrons. The first kappa shape index (κ1) is 17.5. The number of rotatable bonds is 5. The average molecular weight is 368 g/mol. The van der Waals surface area contributed by atoms with Crippen LogP contribution in [-0.2, 0) is 11.2 Å². The van der Waals surface area contributed by atoms with Gasteiger partial charge in [-0.1, -0.05) is 24.3 Å². The molecule has 1 atom stereocenters. The summed E-state index contributed by atoms with van der Waals surface area (Å²) in [6, 6.07) is 13.6. The number of para-hydroxylation sites is 3. The van der Waals surface area contributed by atoms with Crippen molar-refractivity contribution in [2.24, 2.45) is 0 Å². The lowest BCUT2D eigenvalue weighted by molar-refractivity contribution is -0.120. The topological polar surface area (TPSA) is 60.0 Å². The first-order valence-electron chi connectivity index (χ1n) is 9.30. The first-order valence-corrected chi connectivity index (χ1v) is 9.30. The standard InChI is InChI=1S/C21H24N2O4/c1-25-19-10-4-6-15-7-5-11-23(21(15)19)13-20(24)22-12-16-14-26-17-8-2-3-9-18(17)27-16/h2-4,6,8-10,16H,5,7,11-14H2,1H3,(H,22,24). The van der Waals surface area contributed by atoms with E-state index in [4.69, 9.17) is 14.2 Å². The number of ether oxygens (including phenoxy) is 3. The van der Waals surface area contributed by atoms with Crippen LogP contribution in [0.4, 0.5) is 5.69 Å². The normalized spacial score (nSPS) is 17.8. The molecule has 1 N–H and O–H groups in total. The summed E-state index contributed by atoms with van der Waals surface area (Å²) < 4.78 is 17.1. The molecule has 0 aliphatic carbocycles. The lowest BCUT2D eigenvalue weighted by atomic mass is 10.0. The van der Waals surface area contributed by atoms with E-state index in [0.29, 0.717) is 19.7 Å². The number of carbonyl (C=O) groups excluding carboxylic acids is 1. The van der Waals surface area contributed by atoms with Crippen LogP contribution in [0.5, 0.6) is 17.2 Å². The van der Waals surface area contributed by atoms with Crippen LogP contribution in [-0.4, -0.2) is 45.4 Å². The Morgan fingerprint density at radius 1 is 1.22 bits per heavy atom. The zero-order valence-corrected chi connectivity index (χ0v) is 15.4. The van der Waals surface area contributed by atoms with Gasteiger partial charge in [-0.3, -0.25) is 4.79 Å². The molecular weight excluding hydrogens is 344 g/mol. The van der Waals surface area contributed by atoms with Crippen molar-refractivity contribution < 1.29 is 19.0 Å². The summed E-state index contributed by atoms with van der Waals surface area (Å²) >= 11 is 0. The SMILES string of the molecule is COc1cccc2c1N(CC(=O)NCC1COc3ccccc3O1)CCC2. The highest BCUT2D eigenvalue weighted by molar-refractivity contribution is 5.83. The Balaban J connectivity index is 1.35. The van der Waals surface area contributed by atoms with Gasteiger partial charge in [0.15, 0.2) is 11.5 Å². The maximum Gasteiger partial charge on any atom is 0.239 e. The third kappa shape index (κ3) is 3.79. The second kappa shape index (κ2) is 7.78. The first-order chi connectivity index (χ1) is 13.2. The number of aryl methyl sites for hydroxylation is 1. The van der Waals surface area contributed by atoms with Crippen LogP contribution >= 0.6 is 0 Å². The molecule has 6 nitrogen and oxygen atoms in total. The van der Waals surface area contributed by atoms with Crippen LogP contribution < -0.4 is 24.4 Å². The molecular formula is C21H24N2O4. The van der Waals surface area contributed by atoms with Gasteiger partial charge in [0.05, 0.1) is 25.9 Å². The Morgan fingerprint density at radius 3 is 2.93 bits per heavy atom. The minimum Gasteiger partial charge on any atom is -0.495 e. The molecule has 0 saturated heterocycles. The maximum absolute atomic E-state index is 12.5. The van der Waals surface area contributed by atoms with Gasteiger partial charge in [-0.15, -0.1) is 0 Å². The van der Waals surface area contributed by atoms with Crippen LogP contribution in [0.15, 0.2) is 42.5 Å². The van der Waals surface area contributed by atoms with Gasteiger partial charge in [0.25, 0.3) is 0 Å². The molecule has 0 saturated carbocycles. The lowest BCUT2D eigenvalue weighted by Gasteiger charge is -2.32. The Kier molecular flexibility index (Phi) is 5.05. The van der Waals surface area contributed by atoms with E-state index in [1.165, 1.54) is 5.56 Å². The molecule has 142 valence electrons. The van der Waals surface area contributed by atoms with E-state index in [1.807, 2.05) is 36.4 Å². The van der Waals surface area contributed by atoms with Crippen LogP contribution in [0.1, 0.15) is 12.0 Å². The highest BCUT2D eigenvalue weighted by Crippen LogP contribution is 2.36. The van der Waals surface area contributed by atoms with Crippen molar-refractivity contribution in [3.63, 3.8) is 0 Å². The summed E-state index contributed by atoms with van der Waals surface area (Å²) in [4.78, 5) is 14.6. The summed E-state index contributed by atoms with van der Waals surface area (Å²) in [5.74, 6) is 2.26. The van der Waals surface area contributed by atoms with Crippen LogP contribution in [0.2, 0.25) is 0 Å². The van der Waals surface area contributed by atoms with Crippen molar-refractivity contribution in [1.82, 2.24) is 5.32 Å². The third-order valence-corrected chi connectivity index (χ3v) is 4.92. The van der Waals surface area contributed by atoms with Crippen molar-refractivity contribution in [1.29, 1.82) is 0 Å². The van der Waals surface area contributed by atoms with Crippen molar-refractivity contribution in [3.8, 4) is 17.2 Å². The fourth-order valence-corrected chi connectivity index (χ4v) is 3.64. The van der Waals surface area contributed by atoms with Gasteiger partial charge in [-0.05, 0) is 36.6 Å². The summed E-state index contributed by atoms with van der Waals surface area (Å²) in [5, 5.41) is 2.97. The Hall–Kier alpha value is -2.89. The Labute approximate surface area is 159 Å². The second-order valence-corrected chi connectivity index (χ2v) is 6.79. The number of hydrogen-bond donors (Lipinski definition) is 1. The van der Waals surface area contributed by atoms with Crippen LogP contribution in [0, 0.1) is 0 Å². The van der Waals surface area contributed by atoms with Crippen LogP contribution in [0.3, 0.4) is 0 Å². The number of anilines is 1. The Bertz CT molecular complexity index is 809. The molecule has 0 aromatic heterocycles. The number of nitrogens with zero attached hydrogens (tertiary/aromatic N) is 1. The van der Waals surface area contributed by atoms with Gasteiger partial charge in [0.1, 0.15) is 18.5 Å². The van der Waals surface area contributed by atoms with Gasteiger partial charge in [0, 0.05) is 6.54 Å².